The van der Waals surface area contributed by atoms with E-state index in [4.69, 9.17) is 18.1 Å². The lowest BCUT2D eigenvalue weighted by Crippen LogP contribution is -2.59. The van der Waals surface area contributed by atoms with Gasteiger partial charge in [-0.15, -0.1) is 0 Å². The summed E-state index contributed by atoms with van der Waals surface area (Å²) in [6, 6.07) is 0. The fourth-order valence-corrected chi connectivity index (χ4v) is 54.2. The molecule has 0 saturated carbocycles. The molecule has 0 bridgehead atoms. The van der Waals surface area contributed by atoms with E-state index >= 15 is 9.13 Å². The first-order chi connectivity index (χ1) is 68.4. The standard InChI is InChI=1S/C130H24O6P2/c1-5-133-137(131,134-6-2)9-127-115-99-81-67-41-27-15-17-21-13-11-19(15)37(41)49-45-23(11)31-25(13)47-51-39(21)43-29(17)35-33(27)55-71-57(35)75-69(43)83-79(51)87-61(47)65-53(31)63-59(45)85(77(49)81)107(115)111-89(63)91(65)113-109(87)117-101(83)95(75)105-97(71)103(93(99)73(55)67)119(127)123(105)129(117,125(113)121(111)127)130-118-102-84-70-44-30-18-16-20-12-14-22(18)40(44)52-48-26(14)32-24(12)46-50-38(20)42-28(16)34-36(30)58-72-56(34)74-68(42)82-78(50)86-60(46)64-54(32)66-62(48)88(80(52)84)110(118)114-92(66)90(64)112-108(86)116-100(82)94(74)104-98(72)106(96(102)76(58)70)124(130)120(104)128(116,122(112)126(114)130)10-138(132,135-7-3)136-8-4/h5-10H2,1-4H3. The van der Waals surface area contributed by atoms with E-state index in [1.807, 2.05) is 0 Å². The molecule has 10 aliphatic carbocycles. The highest BCUT2D eigenvalue weighted by molar-refractivity contribution is 7.54. The SMILES string of the molecule is CCOP(=O)(CC12c3c4c5c6c7c8c9c%10c(c1c1c%11c2c2c%12c3c5c3c5c%12c%12c2c2c%11c%11c%13c1c%10c1c%10c9c9c7c7c6c3c3c5c5c%12c6c2c%11c2c(c%131)c1c%10c9c9c7c3c3c9c1c2c6c53)C48C12c3c4c5c6c7c8c9c%10c(c1c1c%11c2c2c%12c3c5c3c5c6c6c7c7c9c9c%13c%10c1c1c%10c%11c%11c2c2c%12c3c3c5c5c6c6c7c9c7c(c%131)c1c%10c%11c9c2c3c2c9c1c7c6c52)C48CP(=O)(OCC)OCC)OCC. The van der Waals surface area contributed by atoms with Crippen LogP contribution >= 0.6 is 15.2 Å². The zero-order valence-electron chi connectivity index (χ0n) is 71.6. The van der Waals surface area contributed by atoms with Crippen molar-refractivity contribution in [3.05, 3.63) is 66.8 Å². The lowest BCUT2D eigenvalue weighted by atomic mass is 9.39. The molecule has 0 fully saturated rings. The Morgan fingerprint density at radius 3 is 0.355 bits per heavy atom. The van der Waals surface area contributed by atoms with Crippen molar-refractivity contribution in [1.82, 2.24) is 0 Å². The van der Waals surface area contributed by atoms with Crippen LogP contribution in [0.5, 0.6) is 0 Å². The summed E-state index contributed by atoms with van der Waals surface area (Å²) >= 11 is 0. The Morgan fingerprint density at radius 1 is 0.123 bits per heavy atom. The lowest BCUT2D eigenvalue weighted by Gasteiger charge is -2.61. The fourth-order valence-electron chi connectivity index (χ4n) is 50.0. The monoisotopic (exact) mass is 1740 g/mol. The van der Waals surface area contributed by atoms with Crippen molar-refractivity contribution in [3.8, 4) is 0 Å². The van der Waals surface area contributed by atoms with Crippen LogP contribution in [0.4, 0.5) is 0 Å². The van der Waals surface area contributed by atoms with Gasteiger partial charge in [-0.25, -0.2) is 0 Å². The van der Waals surface area contributed by atoms with Crippen molar-refractivity contribution in [2.24, 2.45) is 0 Å². The number of benzene rings is 34. The van der Waals surface area contributed by atoms with E-state index in [1.54, 1.807) is 454 Å². The minimum absolute atomic E-state index is 0.208. The van der Waals surface area contributed by atoms with Crippen molar-refractivity contribution in [1.29, 1.82) is 0 Å². The second-order valence-electron chi connectivity index (χ2n) is 50.0. The van der Waals surface area contributed by atoms with Crippen LogP contribution in [0, 0.1) is 0 Å². The summed E-state index contributed by atoms with van der Waals surface area (Å²) in [7, 11) is -8.36. The highest BCUT2D eigenvalue weighted by Gasteiger charge is 2.80. The molecule has 4 unspecified atom stereocenters. The van der Waals surface area contributed by atoms with Crippen molar-refractivity contribution in [2.75, 3.05) is 38.8 Å². The van der Waals surface area contributed by atoms with Gasteiger partial charge in [-0.3, -0.25) is 9.13 Å². The van der Waals surface area contributed by atoms with Gasteiger partial charge in [0.1, 0.15) is 0 Å². The van der Waals surface area contributed by atoms with Gasteiger partial charge in [-0.2, -0.15) is 0 Å². The molecule has 138 heavy (non-hydrogen) atoms. The topological polar surface area (TPSA) is 71.1 Å². The molecule has 54 aromatic rings. The highest BCUT2D eigenvalue weighted by Crippen LogP contribution is 2.95. The molecule has 64 rings (SSSR count). The zero-order valence-corrected chi connectivity index (χ0v) is 73.4. The van der Waals surface area contributed by atoms with Gasteiger partial charge in [0.25, 0.3) is 0 Å². The third-order valence-electron chi connectivity index (χ3n) is 49.5. The van der Waals surface area contributed by atoms with Gasteiger partial charge in [-0.05, 0) is 655 Å². The third kappa shape index (κ3) is 2.98. The van der Waals surface area contributed by atoms with Gasteiger partial charge in [0.05, 0.1) is 60.4 Å². The van der Waals surface area contributed by atoms with E-state index in [0.717, 1.165) is 0 Å². The van der Waals surface area contributed by atoms with Crippen molar-refractivity contribution >= 4 is 575 Å². The minimum atomic E-state index is -4.18. The van der Waals surface area contributed by atoms with E-state index < -0.39 is 36.9 Å². The summed E-state index contributed by atoms with van der Waals surface area (Å²) in [6.07, 6.45) is 0.416. The molecule has 0 spiro atoms. The Morgan fingerprint density at radius 2 is 0.210 bits per heavy atom. The molecule has 8 heteroatoms. The summed E-state index contributed by atoms with van der Waals surface area (Å²) < 4.78 is 67.4. The van der Waals surface area contributed by atoms with E-state index in [2.05, 4.69) is 27.7 Å². The van der Waals surface area contributed by atoms with Crippen LogP contribution in [0.1, 0.15) is 94.5 Å². The van der Waals surface area contributed by atoms with Gasteiger partial charge < -0.3 is 18.1 Å². The minimum Gasteiger partial charge on any atom is -0.309 e. The first kappa shape index (κ1) is 54.2. The Kier molecular flexibility index (Phi) is 4.91. The molecule has 0 aliphatic heterocycles. The molecular weight excluding hydrogens is 1720 g/mol. The summed E-state index contributed by atoms with van der Waals surface area (Å²) in [5, 5.41) is 162. The van der Waals surface area contributed by atoms with E-state index in [9.17, 15) is 0 Å². The summed E-state index contributed by atoms with van der Waals surface area (Å²) in [6.45, 7) is 9.54. The van der Waals surface area contributed by atoms with Crippen molar-refractivity contribution in [3.63, 3.8) is 0 Å². The molecule has 0 N–H and O–H groups in total. The van der Waals surface area contributed by atoms with Crippen molar-refractivity contribution in [2.45, 2.75) is 49.4 Å². The zero-order chi connectivity index (χ0) is 83.0. The van der Waals surface area contributed by atoms with Crippen molar-refractivity contribution < 1.29 is 27.2 Å². The van der Waals surface area contributed by atoms with E-state index in [-0.39, 0.29) is 38.8 Å². The molecule has 0 heterocycles. The van der Waals surface area contributed by atoms with Crippen LogP contribution in [0.15, 0.2) is 0 Å². The van der Waals surface area contributed by atoms with Gasteiger partial charge >= 0.3 is 15.2 Å². The molecule has 54 aromatic carbocycles. The predicted octanol–water partition coefficient (Wildman–Crippen LogP) is 35.5. The predicted molar refractivity (Wildman–Crippen MR) is 576 cm³/mol. The molecule has 0 radical (unpaired) electrons. The highest BCUT2D eigenvalue weighted by atomic mass is 31.2. The van der Waals surface area contributed by atoms with Crippen LogP contribution in [-0.4, -0.2) is 38.8 Å². The summed E-state index contributed by atoms with van der Waals surface area (Å²) in [5.74, 6) is 0. The molecule has 6 nitrogen and oxygen atoms in total. The van der Waals surface area contributed by atoms with Gasteiger partial charge in [0.15, 0.2) is 0 Å². The Hall–Kier alpha value is -14.8. The Labute approximate surface area is 751 Å². The average Bonchev–Trinajstić information content (AvgIpc) is 1.35. The Balaban J connectivity index is 0.765. The maximum atomic E-state index is 18.7. The van der Waals surface area contributed by atoms with Crippen LogP contribution in [0.3, 0.4) is 0 Å². The maximum Gasteiger partial charge on any atom is 0.332 e. The maximum absolute atomic E-state index is 18.7. The quantitative estimate of drug-likeness (QED) is 0.0846. The van der Waals surface area contributed by atoms with Gasteiger partial charge in [0, 0.05) is 0 Å². The second-order valence-corrected chi connectivity index (χ2v) is 54.1. The van der Waals surface area contributed by atoms with Crippen LogP contribution in [-0.2, 0) is 48.9 Å². The second kappa shape index (κ2) is 12.5. The van der Waals surface area contributed by atoms with Gasteiger partial charge in [0.2, 0.25) is 0 Å². The third-order valence-corrected chi connectivity index (χ3v) is 53.9. The normalized spacial score (nSPS) is 22.4. The average molecular weight is 1740 g/mol. The van der Waals surface area contributed by atoms with E-state index in [0.29, 0.717) is 0 Å². The molecular formula is C130H24O6P2. The van der Waals surface area contributed by atoms with Gasteiger partial charge in [-0.1, -0.05) is 0 Å². The number of rotatable bonds is 13. The number of hydrogen-bond donors (Lipinski definition) is 0. The van der Waals surface area contributed by atoms with Crippen LogP contribution < -0.4 is 0 Å². The number of hydrogen-bond acceptors (Lipinski definition) is 6. The summed E-state index contributed by atoms with van der Waals surface area (Å²) in [4.78, 5) is 0. The first-order valence-electron chi connectivity index (χ1n) is 51.7. The first-order valence-corrected chi connectivity index (χ1v) is 55.1. The molecule has 590 valence electrons. The molecule has 0 saturated heterocycles. The Bertz CT molecular complexity index is 15400. The molecule has 10 aliphatic rings. The largest absolute Gasteiger partial charge is 0.332 e. The molecule has 4 atom stereocenters. The lowest BCUT2D eigenvalue weighted by molar-refractivity contribution is 0.215. The smallest absolute Gasteiger partial charge is 0.309 e. The molecule has 0 aromatic heterocycles. The summed E-state index contributed by atoms with van der Waals surface area (Å²) in [5.41, 5.74) is 14.0. The molecule has 0 amide bonds. The van der Waals surface area contributed by atoms with Crippen LogP contribution in [0.2, 0.25) is 0 Å². The van der Waals surface area contributed by atoms with Crippen LogP contribution in [0.25, 0.3) is 560 Å². The fraction of sp³-hybridized carbons (Fsp3) is 0.108. The van der Waals surface area contributed by atoms with E-state index in [1.165, 1.54) is 173 Å².